The summed E-state index contributed by atoms with van der Waals surface area (Å²) in [5.74, 6) is 0.768. The normalized spacial score (nSPS) is 16.3. The Balaban J connectivity index is 1.33. The topological polar surface area (TPSA) is 93.8 Å². The second-order valence-corrected chi connectivity index (χ2v) is 7.92. The zero-order valence-electron chi connectivity index (χ0n) is 18.0. The second-order valence-electron chi connectivity index (χ2n) is 7.92. The molecule has 1 saturated heterocycles. The third-order valence-electron chi connectivity index (χ3n) is 5.74. The molecule has 1 amide bonds. The Morgan fingerprint density at radius 2 is 2.13 bits per heavy atom. The van der Waals surface area contributed by atoms with E-state index >= 15 is 0 Å². The molecule has 3 aromatic rings. The van der Waals surface area contributed by atoms with Crippen molar-refractivity contribution in [1.82, 2.24) is 34.8 Å². The number of aryl methyl sites for hydroxylation is 3. The molecule has 9 nitrogen and oxygen atoms in total. The highest BCUT2D eigenvalue weighted by molar-refractivity contribution is 5.76. The molecule has 1 atom stereocenters. The maximum absolute atomic E-state index is 12.5. The first-order valence-electron chi connectivity index (χ1n) is 10.3. The maximum atomic E-state index is 12.5. The van der Waals surface area contributed by atoms with Gasteiger partial charge in [0.1, 0.15) is 0 Å². The summed E-state index contributed by atoms with van der Waals surface area (Å²) in [5.41, 5.74) is 5.11. The van der Waals surface area contributed by atoms with Gasteiger partial charge in [0, 0.05) is 63.3 Å². The van der Waals surface area contributed by atoms with Gasteiger partial charge in [0.2, 0.25) is 11.9 Å². The fourth-order valence-electron chi connectivity index (χ4n) is 3.99. The van der Waals surface area contributed by atoms with Crippen LogP contribution in [-0.2, 0) is 25.3 Å². The predicted molar refractivity (Wildman–Crippen MR) is 114 cm³/mol. The van der Waals surface area contributed by atoms with Crippen LogP contribution < -0.4 is 10.2 Å². The van der Waals surface area contributed by atoms with E-state index < -0.39 is 0 Å². The van der Waals surface area contributed by atoms with E-state index in [9.17, 15) is 4.79 Å². The number of anilines is 1. The summed E-state index contributed by atoms with van der Waals surface area (Å²) in [6.07, 6.45) is 7.57. The average molecular weight is 409 g/mol. The Labute approximate surface area is 176 Å². The van der Waals surface area contributed by atoms with Crippen molar-refractivity contribution in [1.29, 1.82) is 0 Å². The van der Waals surface area contributed by atoms with E-state index in [0.717, 1.165) is 35.6 Å². The molecule has 4 heterocycles. The quantitative estimate of drug-likeness (QED) is 0.665. The van der Waals surface area contributed by atoms with Crippen molar-refractivity contribution in [2.24, 2.45) is 14.1 Å². The van der Waals surface area contributed by atoms with Gasteiger partial charge in [-0.25, -0.2) is 9.97 Å². The molecule has 1 unspecified atom stereocenters. The molecule has 1 aliphatic heterocycles. The number of hydrogen-bond acceptors (Lipinski definition) is 6. The standard InChI is InChI=1S/C21H28N8O/c1-14-18(15(2)28(4)26-14)5-6-20(30)24-17-8-10-29(13-17)21-22-9-7-19(25-21)16-11-23-27(3)12-16/h7,9,11-12,17H,5-6,8,10,13H2,1-4H3,(H,24,30). The molecule has 30 heavy (non-hydrogen) atoms. The zero-order valence-corrected chi connectivity index (χ0v) is 18.0. The number of amides is 1. The summed E-state index contributed by atoms with van der Waals surface area (Å²) in [4.78, 5) is 23.7. The van der Waals surface area contributed by atoms with Crippen LogP contribution in [0.5, 0.6) is 0 Å². The molecule has 0 spiro atoms. The summed E-state index contributed by atoms with van der Waals surface area (Å²) >= 11 is 0. The van der Waals surface area contributed by atoms with Gasteiger partial charge in [-0.3, -0.25) is 14.2 Å². The SMILES string of the molecule is Cc1nn(C)c(C)c1CCC(=O)NC1CCN(c2nccc(-c3cnn(C)c3)n2)C1. The minimum Gasteiger partial charge on any atom is -0.352 e. The molecule has 1 fully saturated rings. The summed E-state index contributed by atoms with van der Waals surface area (Å²) in [6.45, 7) is 5.58. The van der Waals surface area contributed by atoms with Gasteiger partial charge in [-0.15, -0.1) is 0 Å². The molecule has 0 bridgehead atoms. The van der Waals surface area contributed by atoms with Crippen LogP contribution in [0.25, 0.3) is 11.3 Å². The van der Waals surface area contributed by atoms with E-state index in [0.29, 0.717) is 25.3 Å². The molecular formula is C21H28N8O. The second kappa shape index (κ2) is 8.25. The fraction of sp³-hybridized carbons (Fsp3) is 0.476. The van der Waals surface area contributed by atoms with Crippen LogP contribution in [0.1, 0.15) is 29.8 Å². The van der Waals surface area contributed by atoms with Gasteiger partial charge in [0.15, 0.2) is 0 Å². The Morgan fingerprint density at radius 3 is 2.83 bits per heavy atom. The predicted octanol–water partition coefficient (Wildman–Crippen LogP) is 1.56. The van der Waals surface area contributed by atoms with Gasteiger partial charge in [-0.1, -0.05) is 0 Å². The van der Waals surface area contributed by atoms with E-state index in [1.165, 1.54) is 5.56 Å². The molecule has 1 aliphatic rings. The van der Waals surface area contributed by atoms with Gasteiger partial charge in [0.05, 0.1) is 17.6 Å². The van der Waals surface area contributed by atoms with E-state index in [2.05, 4.69) is 30.4 Å². The van der Waals surface area contributed by atoms with Crippen LogP contribution >= 0.6 is 0 Å². The lowest BCUT2D eigenvalue weighted by atomic mass is 10.1. The molecule has 0 radical (unpaired) electrons. The van der Waals surface area contributed by atoms with Crippen LogP contribution in [0.2, 0.25) is 0 Å². The molecule has 0 aliphatic carbocycles. The first kappa shape index (κ1) is 20.1. The van der Waals surface area contributed by atoms with E-state index in [4.69, 9.17) is 0 Å². The number of carbonyl (C=O) groups is 1. The van der Waals surface area contributed by atoms with Crippen molar-refractivity contribution in [2.75, 3.05) is 18.0 Å². The third kappa shape index (κ3) is 4.19. The first-order valence-corrected chi connectivity index (χ1v) is 10.3. The summed E-state index contributed by atoms with van der Waals surface area (Å²) < 4.78 is 3.63. The Hall–Kier alpha value is -3.23. The lowest BCUT2D eigenvalue weighted by Gasteiger charge is -2.17. The van der Waals surface area contributed by atoms with E-state index in [1.807, 2.05) is 44.9 Å². The summed E-state index contributed by atoms with van der Waals surface area (Å²) in [6, 6.07) is 2.00. The van der Waals surface area contributed by atoms with E-state index in [-0.39, 0.29) is 11.9 Å². The van der Waals surface area contributed by atoms with Gasteiger partial charge in [-0.2, -0.15) is 10.2 Å². The number of hydrogen-bond donors (Lipinski definition) is 1. The van der Waals surface area contributed by atoms with Crippen LogP contribution in [0.3, 0.4) is 0 Å². The van der Waals surface area contributed by atoms with Crippen LogP contribution in [0.15, 0.2) is 24.7 Å². The summed E-state index contributed by atoms with van der Waals surface area (Å²) in [5, 5.41) is 11.8. The monoisotopic (exact) mass is 408 g/mol. The number of carbonyl (C=O) groups excluding carboxylic acids is 1. The summed E-state index contributed by atoms with van der Waals surface area (Å²) in [7, 11) is 3.82. The first-order chi connectivity index (χ1) is 14.4. The Morgan fingerprint density at radius 1 is 1.30 bits per heavy atom. The smallest absolute Gasteiger partial charge is 0.225 e. The number of rotatable bonds is 6. The van der Waals surface area contributed by atoms with Crippen LogP contribution in [0.4, 0.5) is 5.95 Å². The average Bonchev–Trinajstić information content (AvgIpc) is 3.42. The van der Waals surface area contributed by atoms with Gasteiger partial charge in [0.25, 0.3) is 0 Å². The van der Waals surface area contributed by atoms with Crippen LogP contribution in [0, 0.1) is 13.8 Å². The van der Waals surface area contributed by atoms with Gasteiger partial charge >= 0.3 is 0 Å². The molecule has 3 aromatic heterocycles. The van der Waals surface area contributed by atoms with E-state index in [1.54, 1.807) is 17.1 Å². The highest BCUT2D eigenvalue weighted by atomic mass is 16.1. The maximum Gasteiger partial charge on any atom is 0.225 e. The van der Waals surface area contributed by atoms with Gasteiger partial charge < -0.3 is 10.2 Å². The number of nitrogens with one attached hydrogen (secondary N) is 1. The molecule has 158 valence electrons. The van der Waals surface area contributed by atoms with Crippen LogP contribution in [-0.4, -0.2) is 54.6 Å². The minimum atomic E-state index is 0.0783. The Bertz CT molecular complexity index is 1050. The number of aromatic nitrogens is 6. The molecule has 4 rings (SSSR count). The lowest BCUT2D eigenvalue weighted by molar-refractivity contribution is -0.121. The van der Waals surface area contributed by atoms with Gasteiger partial charge in [-0.05, 0) is 38.3 Å². The molecule has 0 saturated carbocycles. The van der Waals surface area contributed by atoms with Crippen molar-refractivity contribution < 1.29 is 4.79 Å². The lowest BCUT2D eigenvalue weighted by Crippen LogP contribution is -2.37. The molecule has 0 aromatic carbocycles. The van der Waals surface area contributed by atoms with Crippen molar-refractivity contribution in [3.05, 3.63) is 41.6 Å². The molecule has 9 heteroatoms. The fourth-order valence-corrected chi connectivity index (χ4v) is 3.99. The third-order valence-corrected chi connectivity index (χ3v) is 5.74. The van der Waals surface area contributed by atoms with Crippen molar-refractivity contribution >= 4 is 11.9 Å². The Kier molecular flexibility index (Phi) is 5.52. The minimum absolute atomic E-state index is 0.0783. The molecule has 1 N–H and O–H groups in total. The molecular weight excluding hydrogens is 380 g/mol. The number of nitrogens with zero attached hydrogens (tertiary/aromatic N) is 7. The largest absolute Gasteiger partial charge is 0.352 e. The van der Waals surface area contributed by atoms with Crippen molar-refractivity contribution in [3.8, 4) is 11.3 Å². The van der Waals surface area contributed by atoms with Crippen molar-refractivity contribution in [2.45, 2.75) is 39.2 Å². The highest BCUT2D eigenvalue weighted by Gasteiger charge is 2.26. The zero-order chi connectivity index (χ0) is 21.3. The van der Waals surface area contributed by atoms with Crippen molar-refractivity contribution in [3.63, 3.8) is 0 Å². The highest BCUT2D eigenvalue weighted by Crippen LogP contribution is 2.21.